The third-order valence-electron chi connectivity index (χ3n) is 3.10. The summed E-state index contributed by atoms with van der Waals surface area (Å²) in [5.74, 6) is -1.06. The monoisotopic (exact) mass is 292 g/mol. The fraction of sp³-hybridized carbons (Fsp3) is 0.538. The van der Waals surface area contributed by atoms with Gasteiger partial charge in [-0.25, -0.2) is 4.79 Å². The molecule has 0 bridgehead atoms. The Morgan fingerprint density at radius 1 is 1.33 bits per heavy atom. The molecule has 0 amide bonds. The Bertz CT molecular complexity index is 604. The van der Waals surface area contributed by atoms with Gasteiger partial charge in [0.25, 0.3) is 0 Å². The topological polar surface area (TPSA) is 97.9 Å². The van der Waals surface area contributed by atoms with Crippen molar-refractivity contribution in [3.05, 3.63) is 29.3 Å². The Morgan fingerprint density at radius 3 is 2.76 bits per heavy atom. The molecule has 2 aromatic rings. The number of carbonyl (C=O) groups is 1. The van der Waals surface area contributed by atoms with Gasteiger partial charge in [0.1, 0.15) is 0 Å². The zero-order valence-electron chi connectivity index (χ0n) is 12.3. The Morgan fingerprint density at radius 2 is 2.14 bits per heavy atom. The molecule has 21 heavy (non-hydrogen) atoms. The Hall–Kier alpha value is -2.22. The largest absolute Gasteiger partial charge is 0.476 e. The number of nitrogens with zero attached hydrogens (tertiary/aromatic N) is 5. The van der Waals surface area contributed by atoms with Crippen LogP contribution in [0.4, 0.5) is 0 Å². The van der Waals surface area contributed by atoms with Crippen molar-refractivity contribution in [2.24, 2.45) is 0 Å². The molecule has 114 valence electrons. The molecule has 8 nitrogen and oxygen atoms in total. The summed E-state index contributed by atoms with van der Waals surface area (Å²) < 4.78 is 3.53. The average molecular weight is 292 g/mol. The van der Waals surface area contributed by atoms with Crippen LogP contribution in [0.15, 0.2) is 12.3 Å². The van der Waals surface area contributed by atoms with E-state index in [4.69, 9.17) is 5.11 Å². The van der Waals surface area contributed by atoms with Gasteiger partial charge < -0.3 is 10.4 Å². The molecular weight excluding hydrogens is 272 g/mol. The zero-order valence-corrected chi connectivity index (χ0v) is 12.3. The molecule has 0 aromatic carbocycles. The van der Waals surface area contributed by atoms with E-state index in [0.29, 0.717) is 6.54 Å². The van der Waals surface area contributed by atoms with Gasteiger partial charge in [-0.1, -0.05) is 5.21 Å². The van der Waals surface area contributed by atoms with E-state index < -0.39 is 5.97 Å². The van der Waals surface area contributed by atoms with E-state index in [0.717, 1.165) is 31.7 Å². The average Bonchev–Trinajstić information content (AvgIpc) is 3.01. The van der Waals surface area contributed by atoms with Crippen LogP contribution in [0.5, 0.6) is 0 Å². The summed E-state index contributed by atoms with van der Waals surface area (Å²) in [6.07, 6.45) is 2.42. The highest BCUT2D eigenvalue weighted by atomic mass is 16.4. The van der Waals surface area contributed by atoms with Gasteiger partial charge >= 0.3 is 5.97 Å². The van der Waals surface area contributed by atoms with Crippen LogP contribution in [-0.2, 0) is 13.1 Å². The molecule has 2 N–H and O–H groups in total. The number of nitrogens with one attached hydrogen (secondary N) is 1. The van der Waals surface area contributed by atoms with E-state index in [1.807, 2.05) is 11.6 Å². The highest BCUT2D eigenvalue weighted by Crippen LogP contribution is 2.02. The Balaban J connectivity index is 1.61. The summed E-state index contributed by atoms with van der Waals surface area (Å²) in [6.45, 7) is 7.13. The van der Waals surface area contributed by atoms with Gasteiger partial charge in [0.15, 0.2) is 5.69 Å². The first-order valence-electron chi connectivity index (χ1n) is 6.91. The summed E-state index contributed by atoms with van der Waals surface area (Å²) in [6, 6.07) is 2.07. The molecule has 0 spiro atoms. The van der Waals surface area contributed by atoms with Gasteiger partial charge in [-0.15, -0.1) is 5.10 Å². The second-order valence-corrected chi connectivity index (χ2v) is 4.93. The molecule has 0 saturated heterocycles. The first-order valence-corrected chi connectivity index (χ1v) is 6.91. The predicted octanol–water partition coefficient (Wildman–Crippen LogP) is 0.470. The second kappa shape index (κ2) is 6.98. The molecule has 0 aliphatic carbocycles. The van der Waals surface area contributed by atoms with Crippen LogP contribution in [0, 0.1) is 13.8 Å². The van der Waals surface area contributed by atoms with E-state index in [1.165, 1.54) is 16.6 Å². The smallest absolute Gasteiger partial charge is 0.358 e. The molecule has 8 heteroatoms. The SMILES string of the molecule is Cc1cc(C)n(CCCNCCn2cc(C(=O)O)nn2)n1. The number of aromatic carboxylic acids is 1. The lowest BCUT2D eigenvalue weighted by Crippen LogP contribution is -2.22. The Labute approximate surface area is 122 Å². The minimum atomic E-state index is -1.06. The summed E-state index contributed by atoms with van der Waals surface area (Å²) >= 11 is 0. The van der Waals surface area contributed by atoms with Gasteiger partial charge in [0.2, 0.25) is 0 Å². The van der Waals surface area contributed by atoms with Gasteiger partial charge in [-0.2, -0.15) is 5.10 Å². The number of hydrogen-bond acceptors (Lipinski definition) is 5. The van der Waals surface area contributed by atoms with E-state index in [9.17, 15) is 4.79 Å². The minimum absolute atomic E-state index is 0.0282. The summed E-state index contributed by atoms with van der Waals surface area (Å²) in [7, 11) is 0. The lowest BCUT2D eigenvalue weighted by Gasteiger charge is -2.06. The maximum atomic E-state index is 10.7. The molecule has 0 fully saturated rings. The van der Waals surface area contributed by atoms with Crippen LogP contribution in [0.2, 0.25) is 0 Å². The maximum absolute atomic E-state index is 10.7. The number of aromatic nitrogens is 5. The predicted molar refractivity (Wildman–Crippen MR) is 76.2 cm³/mol. The second-order valence-electron chi connectivity index (χ2n) is 4.93. The van der Waals surface area contributed by atoms with E-state index in [-0.39, 0.29) is 5.69 Å². The maximum Gasteiger partial charge on any atom is 0.358 e. The van der Waals surface area contributed by atoms with Crippen molar-refractivity contribution in [2.75, 3.05) is 13.1 Å². The first kappa shape index (κ1) is 15.2. The number of hydrogen-bond donors (Lipinski definition) is 2. The summed E-state index contributed by atoms with van der Waals surface area (Å²) in [5, 5.41) is 23.7. The van der Waals surface area contributed by atoms with E-state index in [1.54, 1.807) is 0 Å². The van der Waals surface area contributed by atoms with Crippen molar-refractivity contribution in [1.82, 2.24) is 30.1 Å². The lowest BCUT2D eigenvalue weighted by atomic mass is 10.4. The van der Waals surface area contributed by atoms with Gasteiger partial charge in [0, 0.05) is 18.8 Å². The van der Waals surface area contributed by atoms with Crippen molar-refractivity contribution >= 4 is 5.97 Å². The highest BCUT2D eigenvalue weighted by molar-refractivity contribution is 5.84. The van der Waals surface area contributed by atoms with Gasteiger partial charge in [0.05, 0.1) is 18.4 Å². The van der Waals surface area contributed by atoms with Crippen molar-refractivity contribution in [1.29, 1.82) is 0 Å². The van der Waals surface area contributed by atoms with Crippen LogP contribution in [0.25, 0.3) is 0 Å². The summed E-state index contributed by atoms with van der Waals surface area (Å²) in [5.41, 5.74) is 2.19. The number of carboxylic acid groups (broad SMARTS) is 1. The van der Waals surface area contributed by atoms with Crippen LogP contribution in [0.3, 0.4) is 0 Å². The molecular formula is C13H20N6O2. The standard InChI is InChI=1S/C13H20N6O2/c1-10-8-11(2)19(16-10)6-3-4-14-5-7-18-9-12(13(20)21)15-17-18/h8-9,14H,3-7H2,1-2H3,(H,20,21). The highest BCUT2D eigenvalue weighted by Gasteiger charge is 2.07. The fourth-order valence-corrected chi connectivity index (χ4v) is 2.08. The number of carboxylic acids is 1. The van der Waals surface area contributed by atoms with Crippen LogP contribution in [-0.4, -0.2) is 48.9 Å². The fourth-order valence-electron chi connectivity index (χ4n) is 2.08. The van der Waals surface area contributed by atoms with Crippen molar-refractivity contribution < 1.29 is 9.90 Å². The minimum Gasteiger partial charge on any atom is -0.476 e. The molecule has 0 aliphatic rings. The van der Waals surface area contributed by atoms with Crippen LogP contribution >= 0.6 is 0 Å². The third-order valence-corrected chi connectivity index (χ3v) is 3.10. The number of rotatable bonds is 8. The van der Waals surface area contributed by atoms with Crippen molar-refractivity contribution in [3.63, 3.8) is 0 Å². The van der Waals surface area contributed by atoms with E-state index >= 15 is 0 Å². The van der Waals surface area contributed by atoms with Crippen LogP contribution < -0.4 is 5.32 Å². The molecule has 0 aliphatic heterocycles. The van der Waals surface area contributed by atoms with Crippen LogP contribution in [0.1, 0.15) is 28.3 Å². The molecule has 2 heterocycles. The summed E-state index contributed by atoms with van der Waals surface area (Å²) in [4.78, 5) is 10.7. The lowest BCUT2D eigenvalue weighted by molar-refractivity contribution is 0.0690. The molecule has 0 atom stereocenters. The molecule has 0 unspecified atom stereocenters. The van der Waals surface area contributed by atoms with Gasteiger partial charge in [-0.3, -0.25) is 9.36 Å². The van der Waals surface area contributed by atoms with Crippen molar-refractivity contribution in [2.45, 2.75) is 33.4 Å². The normalized spacial score (nSPS) is 11.0. The molecule has 0 saturated carbocycles. The molecule has 2 rings (SSSR count). The van der Waals surface area contributed by atoms with Crippen molar-refractivity contribution in [3.8, 4) is 0 Å². The number of aryl methyl sites for hydroxylation is 3. The Kier molecular flexibility index (Phi) is 5.04. The quantitative estimate of drug-likeness (QED) is 0.686. The third kappa shape index (κ3) is 4.38. The zero-order chi connectivity index (χ0) is 15.2. The van der Waals surface area contributed by atoms with E-state index in [2.05, 4.69) is 33.7 Å². The molecule has 2 aromatic heterocycles. The first-order chi connectivity index (χ1) is 10.1. The van der Waals surface area contributed by atoms with Gasteiger partial charge in [-0.05, 0) is 32.9 Å². The molecule has 0 radical (unpaired) electrons.